The minimum absolute atomic E-state index is 0.965. The highest BCUT2D eigenvalue weighted by molar-refractivity contribution is 9.10. The lowest BCUT2D eigenvalue weighted by atomic mass is 10.3. The average molecular weight is 225 g/mol. The smallest absolute Gasteiger partial charge is 0.140 e. The van der Waals surface area contributed by atoms with Crippen molar-refractivity contribution >= 4 is 27.0 Å². The molecule has 2 rings (SSSR count). The summed E-state index contributed by atoms with van der Waals surface area (Å²) in [7, 11) is 0. The first-order valence-corrected chi connectivity index (χ1v) is 4.71. The van der Waals surface area contributed by atoms with Gasteiger partial charge in [0.25, 0.3) is 0 Å². The van der Waals surface area contributed by atoms with E-state index in [9.17, 15) is 0 Å². The molecule has 2 aromatic rings. The molecule has 0 radical (unpaired) electrons. The van der Waals surface area contributed by atoms with E-state index in [1.807, 2.05) is 12.3 Å². The van der Waals surface area contributed by atoms with Gasteiger partial charge in [0.2, 0.25) is 0 Å². The second kappa shape index (κ2) is 2.90. The van der Waals surface area contributed by atoms with Crippen molar-refractivity contribution in [3.8, 4) is 0 Å². The molecule has 0 amide bonds. The number of hydrogen-bond acceptors (Lipinski definition) is 1. The normalized spacial score (nSPS) is 10.8. The summed E-state index contributed by atoms with van der Waals surface area (Å²) in [6.07, 6.45) is 3.88. The third-order valence-electron chi connectivity index (χ3n) is 1.95. The van der Waals surface area contributed by atoms with Crippen LogP contribution in [0, 0.1) is 0 Å². The van der Waals surface area contributed by atoms with Gasteiger partial charge in [-0.2, -0.15) is 0 Å². The molecule has 0 saturated heterocycles. The van der Waals surface area contributed by atoms with Crippen molar-refractivity contribution in [3.63, 3.8) is 0 Å². The van der Waals surface area contributed by atoms with Crippen molar-refractivity contribution in [3.05, 3.63) is 29.0 Å². The number of rotatable bonds is 1. The van der Waals surface area contributed by atoms with Gasteiger partial charge in [0.15, 0.2) is 0 Å². The van der Waals surface area contributed by atoms with Gasteiger partial charge in [-0.05, 0) is 35.0 Å². The zero-order valence-corrected chi connectivity index (χ0v) is 8.37. The molecule has 2 nitrogen and oxygen atoms in total. The second-order valence-electron chi connectivity index (χ2n) is 2.63. The summed E-state index contributed by atoms with van der Waals surface area (Å²) in [5.41, 5.74) is 1.05. The standard InChI is InChI=1S/C9H9BrN2/c1-2-12-6-4-7-8(10)3-5-11-9(7)12/h3-6H,2H2,1H3. The lowest BCUT2D eigenvalue weighted by molar-refractivity contribution is 0.787. The van der Waals surface area contributed by atoms with E-state index >= 15 is 0 Å². The molecule has 0 bridgehead atoms. The van der Waals surface area contributed by atoms with Gasteiger partial charge >= 0.3 is 0 Å². The van der Waals surface area contributed by atoms with Crippen molar-refractivity contribution in [2.45, 2.75) is 13.5 Å². The Labute approximate surface area is 79.3 Å². The monoisotopic (exact) mass is 224 g/mol. The largest absolute Gasteiger partial charge is 0.333 e. The zero-order valence-electron chi connectivity index (χ0n) is 6.79. The summed E-state index contributed by atoms with van der Waals surface area (Å²) in [6, 6.07) is 4.04. The molecule has 0 aliphatic carbocycles. The van der Waals surface area contributed by atoms with E-state index in [0.717, 1.165) is 16.7 Å². The molecule has 0 unspecified atom stereocenters. The minimum Gasteiger partial charge on any atom is -0.333 e. The Morgan fingerprint density at radius 1 is 1.50 bits per heavy atom. The van der Waals surface area contributed by atoms with Gasteiger partial charge in [0.1, 0.15) is 5.65 Å². The van der Waals surface area contributed by atoms with Crippen molar-refractivity contribution in [2.24, 2.45) is 0 Å². The Hall–Kier alpha value is -0.830. The van der Waals surface area contributed by atoms with Gasteiger partial charge in [-0.3, -0.25) is 0 Å². The summed E-state index contributed by atoms with van der Waals surface area (Å²) in [5, 5.41) is 1.18. The SMILES string of the molecule is CCn1ccc2c(Br)ccnc21. The van der Waals surface area contributed by atoms with Crippen LogP contribution < -0.4 is 0 Å². The molecule has 0 N–H and O–H groups in total. The second-order valence-corrected chi connectivity index (χ2v) is 3.49. The first-order valence-electron chi connectivity index (χ1n) is 3.92. The highest BCUT2D eigenvalue weighted by atomic mass is 79.9. The molecular formula is C9H9BrN2. The van der Waals surface area contributed by atoms with E-state index < -0.39 is 0 Å². The van der Waals surface area contributed by atoms with E-state index in [1.165, 1.54) is 5.39 Å². The molecule has 0 fully saturated rings. The Morgan fingerprint density at radius 2 is 2.33 bits per heavy atom. The predicted molar refractivity (Wildman–Crippen MR) is 53.1 cm³/mol. The Bertz CT molecular complexity index is 406. The summed E-state index contributed by atoms with van der Waals surface area (Å²) >= 11 is 3.49. The van der Waals surface area contributed by atoms with Crippen LogP contribution in [0.1, 0.15) is 6.92 Å². The van der Waals surface area contributed by atoms with Crippen LogP contribution in [-0.4, -0.2) is 9.55 Å². The van der Waals surface area contributed by atoms with Crippen molar-refractivity contribution < 1.29 is 0 Å². The highest BCUT2D eigenvalue weighted by Crippen LogP contribution is 2.22. The molecule has 12 heavy (non-hydrogen) atoms. The third kappa shape index (κ3) is 1.05. The van der Waals surface area contributed by atoms with Crippen molar-refractivity contribution in [1.82, 2.24) is 9.55 Å². The van der Waals surface area contributed by atoms with Crippen LogP contribution in [0.5, 0.6) is 0 Å². The van der Waals surface area contributed by atoms with E-state index in [1.54, 1.807) is 0 Å². The molecule has 0 aliphatic heterocycles. The van der Waals surface area contributed by atoms with E-state index in [0.29, 0.717) is 0 Å². The van der Waals surface area contributed by atoms with Gasteiger partial charge in [-0.25, -0.2) is 4.98 Å². The van der Waals surface area contributed by atoms with Crippen LogP contribution in [0.15, 0.2) is 29.0 Å². The molecule has 0 atom stereocenters. The number of aryl methyl sites for hydroxylation is 1. The van der Waals surface area contributed by atoms with Crippen LogP contribution >= 0.6 is 15.9 Å². The van der Waals surface area contributed by atoms with Crippen LogP contribution in [0.3, 0.4) is 0 Å². The van der Waals surface area contributed by atoms with E-state index in [2.05, 4.69) is 44.7 Å². The van der Waals surface area contributed by atoms with Gasteiger partial charge < -0.3 is 4.57 Å². The number of hydrogen-bond donors (Lipinski definition) is 0. The maximum absolute atomic E-state index is 4.31. The van der Waals surface area contributed by atoms with Crippen LogP contribution in [0.25, 0.3) is 11.0 Å². The fourth-order valence-electron chi connectivity index (χ4n) is 1.31. The molecule has 0 saturated carbocycles. The number of aromatic nitrogens is 2. The molecule has 62 valence electrons. The van der Waals surface area contributed by atoms with Gasteiger partial charge in [0.05, 0.1) is 0 Å². The lowest BCUT2D eigenvalue weighted by Gasteiger charge is -1.98. The first-order chi connectivity index (χ1) is 5.83. The average Bonchev–Trinajstić information content (AvgIpc) is 2.49. The van der Waals surface area contributed by atoms with Crippen molar-refractivity contribution in [2.75, 3.05) is 0 Å². The minimum atomic E-state index is 0.965. The fourth-order valence-corrected chi connectivity index (χ4v) is 1.74. The third-order valence-corrected chi connectivity index (χ3v) is 2.64. The number of fused-ring (bicyclic) bond motifs is 1. The predicted octanol–water partition coefficient (Wildman–Crippen LogP) is 2.82. The van der Waals surface area contributed by atoms with Crippen LogP contribution in [-0.2, 0) is 6.54 Å². The molecule has 0 aliphatic rings. The summed E-state index contributed by atoms with van der Waals surface area (Å²) in [5.74, 6) is 0. The zero-order chi connectivity index (χ0) is 8.55. The molecule has 2 heterocycles. The number of halogens is 1. The summed E-state index contributed by atoms with van der Waals surface area (Å²) in [6.45, 7) is 3.08. The Balaban J connectivity index is 2.80. The lowest BCUT2D eigenvalue weighted by Crippen LogP contribution is -1.92. The maximum Gasteiger partial charge on any atom is 0.140 e. The van der Waals surface area contributed by atoms with Gasteiger partial charge in [-0.1, -0.05) is 0 Å². The molecule has 3 heteroatoms. The molecular weight excluding hydrogens is 216 g/mol. The van der Waals surface area contributed by atoms with E-state index in [-0.39, 0.29) is 0 Å². The molecule has 0 aromatic carbocycles. The molecule has 2 aromatic heterocycles. The fraction of sp³-hybridized carbons (Fsp3) is 0.222. The van der Waals surface area contributed by atoms with Crippen LogP contribution in [0.4, 0.5) is 0 Å². The topological polar surface area (TPSA) is 17.8 Å². The summed E-state index contributed by atoms with van der Waals surface area (Å²) in [4.78, 5) is 4.31. The quantitative estimate of drug-likeness (QED) is 0.729. The van der Waals surface area contributed by atoms with Gasteiger partial charge in [-0.15, -0.1) is 0 Å². The molecule has 0 spiro atoms. The highest BCUT2D eigenvalue weighted by Gasteiger charge is 2.02. The summed E-state index contributed by atoms with van der Waals surface area (Å²) < 4.78 is 3.24. The van der Waals surface area contributed by atoms with Crippen LogP contribution in [0.2, 0.25) is 0 Å². The Morgan fingerprint density at radius 3 is 3.08 bits per heavy atom. The number of pyridine rings is 1. The van der Waals surface area contributed by atoms with Gasteiger partial charge in [0, 0.05) is 28.8 Å². The Kier molecular flexibility index (Phi) is 1.89. The first kappa shape index (κ1) is 7.80. The van der Waals surface area contributed by atoms with E-state index in [4.69, 9.17) is 0 Å². The number of nitrogens with zero attached hydrogens (tertiary/aromatic N) is 2. The van der Waals surface area contributed by atoms with Crippen molar-refractivity contribution in [1.29, 1.82) is 0 Å². The maximum atomic E-state index is 4.31.